The van der Waals surface area contributed by atoms with Crippen molar-refractivity contribution in [2.45, 2.75) is 4.90 Å². The van der Waals surface area contributed by atoms with Gasteiger partial charge in [-0.3, -0.25) is 4.57 Å². The molecule has 0 fully saturated rings. The molecule has 0 saturated heterocycles. The van der Waals surface area contributed by atoms with Crippen molar-refractivity contribution >= 4 is 32.5 Å². The molecule has 144 valence electrons. The summed E-state index contributed by atoms with van der Waals surface area (Å²) in [6, 6.07) is 4.76. The molecule has 0 amide bonds. The molecule has 9 nitrogen and oxygen atoms in total. The molecular formula is C16H17ClN4O5S. The van der Waals surface area contributed by atoms with Gasteiger partial charge in [0.15, 0.2) is 5.75 Å². The largest absolute Gasteiger partial charge is 0.484 e. The number of nitrogens with zero attached hydrogens (tertiary/aromatic N) is 3. The number of nitrogens with two attached hydrogens (primary N) is 1. The quantitative estimate of drug-likeness (QED) is 0.587. The first-order valence-corrected chi connectivity index (χ1v) is 9.64. The molecule has 0 bridgehead atoms. The molecule has 0 aliphatic rings. The molecule has 0 radical (unpaired) electrons. The summed E-state index contributed by atoms with van der Waals surface area (Å²) in [6.45, 7) is 0.691. The standard InChI is InChI=1S/C16H17ClN4O5S/c1-24-5-6-26-13-8-19-16(20-15(13)25-2)21-9-14(27(18,22)23)11-4-3-10(17)7-12(11)21/h3-4,7-9H,5-6H2,1-2H3,(H2,18,22,23). The maximum absolute atomic E-state index is 11.9. The minimum absolute atomic E-state index is 0.0582. The number of halogens is 1. The summed E-state index contributed by atoms with van der Waals surface area (Å²) in [5.41, 5.74) is 0.488. The number of sulfonamides is 1. The Labute approximate surface area is 160 Å². The minimum Gasteiger partial charge on any atom is -0.484 e. The summed E-state index contributed by atoms with van der Waals surface area (Å²) in [5.74, 6) is 0.699. The van der Waals surface area contributed by atoms with E-state index in [1.807, 2.05) is 0 Å². The Hall–Kier alpha value is -2.40. The lowest BCUT2D eigenvalue weighted by molar-refractivity contribution is 0.143. The molecular weight excluding hydrogens is 396 g/mol. The monoisotopic (exact) mass is 412 g/mol. The lowest BCUT2D eigenvalue weighted by atomic mass is 10.2. The van der Waals surface area contributed by atoms with E-state index in [1.54, 1.807) is 25.3 Å². The molecule has 0 spiro atoms. The first-order valence-electron chi connectivity index (χ1n) is 7.71. The Morgan fingerprint density at radius 2 is 2.04 bits per heavy atom. The number of aromatic nitrogens is 3. The van der Waals surface area contributed by atoms with E-state index >= 15 is 0 Å². The first-order chi connectivity index (χ1) is 12.8. The van der Waals surface area contributed by atoms with Crippen molar-refractivity contribution < 1.29 is 22.6 Å². The van der Waals surface area contributed by atoms with Gasteiger partial charge >= 0.3 is 0 Å². The molecule has 11 heteroatoms. The minimum atomic E-state index is -3.96. The van der Waals surface area contributed by atoms with E-state index in [4.69, 9.17) is 31.0 Å². The van der Waals surface area contributed by atoms with Crippen LogP contribution in [-0.4, -0.2) is 50.4 Å². The third-order valence-corrected chi connectivity index (χ3v) is 4.87. The van der Waals surface area contributed by atoms with Gasteiger partial charge in [0.1, 0.15) is 11.5 Å². The molecule has 3 rings (SSSR count). The summed E-state index contributed by atoms with van der Waals surface area (Å²) >= 11 is 6.06. The van der Waals surface area contributed by atoms with Gasteiger partial charge in [0.25, 0.3) is 5.88 Å². The van der Waals surface area contributed by atoms with Gasteiger partial charge in [-0.05, 0) is 18.2 Å². The number of rotatable bonds is 7. The van der Waals surface area contributed by atoms with E-state index in [1.165, 1.54) is 24.1 Å². The molecule has 0 unspecified atom stereocenters. The highest BCUT2D eigenvalue weighted by molar-refractivity contribution is 7.89. The second-order valence-electron chi connectivity index (χ2n) is 5.45. The number of benzene rings is 1. The Morgan fingerprint density at radius 3 is 2.70 bits per heavy atom. The van der Waals surface area contributed by atoms with E-state index in [0.29, 0.717) is 34.9 Å². The lowest BCUT2D eigenvalue weighted by Crippen LogP contribution is -2.11. The van der Waals surface area contributed by atoms with Crippen molar-refractivity contribution in [2.75, 3.05) is 27.4 Å². The molecule has 0 atom stereocenters. The Bertz CT molecular complexity index is 1080. The van der Waals surface area contributed by atoms with Gasteiger partial charge in [-0.1, -0.05) is 11.6 Å². The molecule has 3 aromatic rings. The molecule has 1 aromatic carbocycles. The summed E-state index contributed by atoms with van der Waals surface area (Å²) in [5, 5.41) is 6.16. The average Bonchev–Trinajstić information content (AvgIpc) is 3.01. The zero-order valence-corrected chi connectivity index (χ0v) is 16.1. The van der Waals surface area contributed by atoms with Crippen molar-refractivity contribution in [3.63, 3.8) is 0 Å². The summed E-state index contributed by atoms with van der Waals surface area (Å²) in [6.07, 6.45) is 2.78. The van der Waals surface area contributed by atoms with Crippen molar-refractivity contribution in [3.8, 4) is 17.6 Å². The molecule has 0 saturated carbocycles. The molecule has 0 aliphatic carbocycles. The van der Waals surface area contributed by atoms with Crippen LogP contribution in [0.15, 0.2) is 35.5 Å². The van der Waals surface area contributed by atoms with Crippen LogP contribution in [0.1, 0.15) is 0 Å². The van der Waals surface area contributed by atoms with E-state index in [9.17, 15) is 8.42 Å². The second-order valence-corrected chi connectivity index (χ2v) is 7.42. The topological polar surface area (TPSA) is 119 Å². The first kappa shape index (κ1) is 19.4. The maximum Gasteiger partial charge on any atom is 0.261 e. The Morgan fingerprint density at radius 1 is 1.26 bits per heavy atom. The number of fused-ring (bicyclic) bond motifs is 1. The molecule has 0 aliphatic heterocycles. The maximum atomic E-state index is 11.9. The van der Waals surface area contributed by atoms with E-state index < -0.39 is 10.0 Å². The summed E-state index contributed by atoms with van der Waals surface area (Å²) < 4.78 is 41.0. The van der Waals surface area contributed by atoms with Crippen LogP contribution in [0.4, 0.5) is 0 Å². The fourth-order valence-electron chi connectivity index (χ4n) is 2.50. The van der Waals surface area contributed by atoms with Crippen LogP contribution in [0, 0.1) is 0 Å². The number of primary sulfonamides is 1. The smallest absolute Gasteiger partial charge is 0.261 e. The molecule has 27 heavy (non-hydrogen) atoms. The van der Waals surface area contributed by atoms with E-state index in [0.717, 1.165) is 0 Å². The van der Waals surface area contributed by atoms with Gasteiger partial charge in [-0.15, -0.1) is 0 Å². The fraction of sp³-hybridized carbons (Fsp3) is 0.250. The van der Waals surface area contributed by atoms with E-state index in [2.05, 4.69) is 9.97 Å². The van der Waals surface area contributed by atoms with Crippen LogP contribution in [0.2, 0.25) is 5.02 Å². The summed E-state index contributed by atoms with van der Waals surface area (Å²) in [4.78, 5) is 8.48. The normalized spacial score (nSPS) is 11.7. The highest BCUT2D eigenvalue weighted by atomic mass is 35.5. The fourth-order valence-corrected chi connectivity index (χ4v) is 3.40. The molecule has 2 heterocycles. The van der Waals surface area contributed by atoms with Gasteiger partial charge in [0.2, 0.25) is 16.0 Å². The second kappa shape index (κ2) is 7.69. The van der Waals surface area contributed by atoms with Crippen LogP contribution >= 0.6 is 11.6 Å². The predicted molar refractivity (Wildman–Crippen MR) is 99.2 cm³/mol. The van der Waals surface area contributed by atoms with Crippen LogP contribution in [0.5, 0.6) is 11.6 Å². The van der Waals surface area contributed by atoms with Crippen molar-refractivity contribution in [1.82, 2.24) is 14.5 Å². The van der Waals surface area contributed by atoms with E-state index in [-0.39, 0.29) is 16.7 Å². The Balaban J connectivity index is 2.13. The molecule has 2 aromatic heterocycles. The van der Waals surface area contributed by atoms with Crippen LogP contribution in [0.3, 0.4) is 0 Å². The lowest BCUT2D eigenvalue weighted by Gasteiger charge is -2.11. The highest BCUT2D eigenvalue weighted by Gasteiger charge is 2.20. The van der Waals surface area contributed by atoms with Crippen molar-refractivity contribution in [1.29, 1.82) is 0 Å². The summed E-state index contributed by atoms with van der Waals surface area (Å²) in [7, 11) is -0.956. The number of hydrogen-bond donors (Lipinski definition) is 1. The number of methoxy groups -OCH3 is 2. The number of ether oxygens (including phenoxy) is 3. The zero-order valence-electron chi connectivity index (χ0n) is 14.5. The van der Waals surface area contributed by atoms with Gasteiger partial charge in [-0.25, -0.2) is 18.5 Å². The Kier molecular flexibility index (Phi) is 5.51. The predicted octanol–water partition coefficient (Wildman–Crippen LogP) is 1.76. The van der Waals surface area contributed by atoms with Gasteiger partial charge < -0.3 is 14.2 Å². The van der Waals surface area contributed by atoms with Crippen LogP contribution in [-0.2, 0) is 14.8 Å². The third-order valence-electron chi connectivity index (χ3n) is 3.70. The van der Waals surface area contributed by atoms with Gasteiger partial charge in [-0.2, -0.15) is 4.98 Å². The highest BCUT2D eigenvalue weighted by Crippen LogP contribution is 2.30. The zero-order chi connectivity index (χ0) is 19.6. The van der Waals surface area contributed by atoms with Gasteiger partial charge in [0, 0.05) is 23.7 Å². The molecule has 2 N–H and O–H groups in total. The number of hydrogen-bond acceptors (Lipinski definition) is 7. The van der Waals surface area contributed by atoms with Crippen LogP contribution in [0.25, 0.3) is 16.9 Å². The van der Waals surface area contributed by atoms with Crippen molar-refractivity contribution in [2.24, 2.45) is 5.14 Å². The third kappa shape index (κ3) is 3.98. The van der Waals surface area contributed by atoms with Crippen molar-refractivity contribution in [3.05, 3.63) is 35.6 Å². The average molecular weight is 413 g/mol. The SMILES string of the molecule is COCCOc1cnc(-n2cc(S(N)(=O)=O)c3ccc(Cl)cc32)nc1OC. The van der Waals surface area contributed by atoms with Gasteiger partial charge in [0.05, 0.1) is 25.4 Å². The van der Waals surface area contributed by atoms with Crippen LogP contribution < -0.4 is 14.6 Å².